The predicted octanol–water partition coefficient (Wildman–Crippen LogP) is 3.73. The SMILES string of the molecule is CCC(SCC(=O)Nc1ccccc1)C(=O)Nc1ccc(NC(C)=O)cc1. The third-order valence-electron chi connectivity index (χ3n) is 3.61. The van der Waals surface area contributed by atoms with Crippen molar-refractivity contribution in [3.8, 4) is 0 Å². The van der Waals surface area contributed by atoms with Crippen LogP contribution in [-0.2, 0) is 14.4 Å². The molecule has 3 amide bonds. The molecule has 1 unspecified atom stereocenters. The van der Waals surface area contributed by atoms with Crippen molar-refractivity contribution < 1.29 is 14.4 Å². The van der Waals surface area contributed by atoms with Crippen LogP contribution in [0, 0.1) is 0 Å². The molecule has 0 fully saturated rings. The maximum Gasteiger partial charge on any atom is 0.237 e. The Balaban J connectivity index is 1.84. The quantitative estimate of drug-likeness (QED) is 0.646. The first kappa shape index (κ1) is 20.5. The third kappa shape index (κ3) is 7.15. The summed E-state index contributed by atoms with van der Waals surface area (Å²) in [6.07, 6.45) is 0.610. The number of hydrogen-bond acceptors (Lipinski definition) is 4. The summed E-state index contributed by atoms with van der Waals surface area (Å²) in [7, 11) is 0. The number of thioether (sulfide) groups is 1. The lowest BCUT2D eigenvalue weighted by atomic mass is 10.2. The first-order valence-electron chi connectivity index (χ1n) is 8.63. The van der Waals surface area contributed by atoms with Crippen LogP contribution in [0.5, 0.6) is 0 Å². The van der Waals surface area contributed by atoms with Crippen LogP contribution in [0.25, 0.3) is 0 Å². The van der Waals surface area contributed by atoms with E-state index < -0.39 is 0 Å². The standard InChI is InChI=1S/C20H23N3O3S/c1-3-18(27-13-19(25)22-15-7-5-4-6-8-15)20(26)23-17-11-9-16(10-12-17)21-14(2)24/h4-12,18H,3,13H2,1-2H3,(H,21,24)(H,22,25)(H,23,26). The molecule has 0 saturated heterocycles. The van der Waals surface area contributed by atoms with Gasteiger partial charge in [-0.1, -0.05) is 25.1 Å². The van der Waals surface area contributed by atoms with Gasteiger partial charge in [0.2, 0.25) is 17.7 Å². The van der Waals surface area contributed by atoms with Crippen molar-refractivity contribution in [1.82, 2.24) is 0 Å². The molecule has 1 atom stereocenters. The minimum absolute atomic E-state index is 0.142. The van der Waals surface area contributed by atoms with E-state index >= 15 is 0 Å². The van der Waals surface area contributed by atoms with Crippen LogP contribution in [0.4, 0.5) is 17.1 Å². The van der Waals surface area contributed by atoms with Gasteiger partial charge in [0, 0.05) is 24.0 Å². The highest BCUT2D eigenvalue weighted by Crippen LogP contribution is 2.19. The molecule has 0 aromatic heterocycles. The Morgan fingerprint density at radius 3 is 1.96 bits per heavy atom. The number of amides is 3. The number of rotatable bonds is 8. The van der Waals surface area contributed by atoms with Gasteiger partial charge in [0.1, 0.15) is 0 Å². The molecule has 142 valence electrons. The third-order valence-corrected chi connectivity index (χ3v) is 4.99. The lowest BCUT2D eigenvalue weighted by Gasteiger charge is -2.15. The summed E-state index contributed by atoms with van der Waals surface area (Å²) >= 11 is 1.31. The summed E-state index contributed by atoms with van der Waals surface area (Å²) in [5.41, 5.74) is 2.04. The summed E-state index contributed by atoms with van der Waals surface area (Å²) in [6, 6.07) is 16.1. The maximum absolute atomic E-state index is 12.4. The molecule has 3 N–H and O–H groups in total. The molecule has 0 bridgehead atoms. The van der Waals surface area contributed by atoms with Crippen LogP contribution in [0.3, 0.4) is 0 Å². The van der Waals surface area contributed by atoms with Gasteiger partial charge in [-0.3, -0.25) is 14.4 Å². The molecule has 0 aliphatic rings. The van der Waals surface area contributed by atoms with Gasteiger partial charge < -0.3 is 16.0 Å². The van der Waals surface area contributed by atoms with E-state index in [0.29, 0.717) is 17.8 Å². The minimum Gasteiger partial charge on any atom is -0.326 e. The highest BCUT2D eigenvalue weighted by molar-refractivity contribution is 8.01. The zero-order valence-corrected chi connectivity index (χ0v) is 16.1. The Labute approximate surface area is 163 Å². The smallest absolute Gasteiger partial charge is 0.237 e. The van der Waals surface area contributed by atoms with Gasteiger partial charge in [-0.25, -0.2) is 0 Å². The first-order valence-corrected chi connectivity index (χ1v) is 9.68. The van der Waals surface area contributed by atoms with Crippen molar-refractivity contribution in [3.63, 3.8) is 0 Å². The predicted molar refractivity (Wildman–Crippen MR) is 111 cm³/mol. The molecule has 0 aliphatic heterocycles. The summed E-state index contributed by atoms with van der Waals surface area (Å²) in [5, 5.41) is 7.99. The largest absolute Gasteiger partial charge is 0.326 e. The molecule has 0 radical (unpaired) electrons. The number of hydrogen-bond donors (Lipinski definition) is 3. The summed E-state index contributed by atoms with van der Waals surface area (Å²) in [6.45, 7) is 3.35. The Hall–Kier alpha value is -2.80. The minimum atomic E-state index is -0.332. The van der Waals surface area contributed by atoms with Gasteiger partial charge in [0.25, 0.3) is 0 Å². The van der Waals surface area contributed by atoms with Gasteiger partial charge in [-0.2, -0.15) is 0 Å². The molecule has 7 heteroatoms. The van der Waals surface area contributed by atoms with Crippen molar-refractivity contribution in [2.45, 2.75) is 25.5 Å². The Bertz CT molecular complexity index is 779. The fourth-order valence-electron chi connectivity index (χ4n) is 2.34. The van der Waals surface area contributed by atoms with Gasteiger partial charge >= 0.3 is 0 Å². The van der Waals surface area contributed by atoms with Gasteiger partial charge in [-0.05, 0) is 42.8 Å². The van der Waals surface area contributed by atoms with Crippen LogP contribution >= 0.6 is 11.8 Å². The van der Waals surface area contributed by atoms with Crippen LogP contribution in [0.2, 0.25) is 0 Å². The van der Waals surface area contributed by atoms with Crippen LogP contribution < -0.4 is 16.0 Å². The lowest BCUT2D eigenvalue weighted by molar-refractivity contribution is -0.116. The number of carbonyl (C=O) groups excluding carboxylic acids is 3. The van der Waals surface area contributed by atoms with E-state index in [1.54, 1.807) is 24.3 Å². The van der Waals surface area contributed by atoms with E-state index in [1.165, 1.54) is 18.7 Å². The van der Waals surface area contributed by atoms with E-state index in [9.17, 15) is 14.4 Å². The number of benzene rings is 2. The topological polar surface area (TPSA) is 87.3 Å². The van der Waals surface area contributed by atoms with Crippen molar-refractivity contribution in [2.24, 2.45) is 0 Å². The molecular formula is C20H23N3O3S. The van der Waals surface area contributed by atoms with Gasteiger partial charge in [0.05, 0.1) is 11.0 Å². The summed E-state index contributed by atoms with van der Waals surface area (Å²) in [4.78, 5) is 35.5. The Kier molecular flexibility index (Phi) is 7.88. The van der Waals surface area contributed by atoms with Crippen LogP contribution in [0.1, 0.15) is 20.3 Å². The van der Waals surface area contributed by atoms with E-state index in [4.69, 9.17) is 0 Å². The molecule has 2 rings (SSSR count). The molecule has 0 aliphatic carbocycles. The van der Waals surface area contributed by atoms with Crippen LogP contribution in [0.15, 0.2) is 54.6 Å². The van der Waals surface area contributed by atoms with Crippen molar-refractivity contribution in [1.29, 1.82) is 0 Å². The van der Waals surface area contributed by atoms with E-state index in [2.05, 4.69) is 16.0 Å². The number of nitrogens with one attached hydrogen (secondary N) is 3. The van der Waals surface area contributed by atoms with Gasteiger partial charge in [0.15, 0.2) is 0 Å². The average Bonchev–Trinajstić information content (AvgIpc) is 2.64. The zero-order valence-electron chi connectivity index (χ0n) is 15.3. The maximum atomic E-state index is 12.4. The van der Waals surface area contributed by atoms with Crippen molar-refractivity contribution in [2.75, 3.05) is 21.7 Å². The van der Waals surface area contributed by atoms with E-state index in [0.717, 1.165) is 5.69 Å². The Morgan fingerprint density at radius 2 is 1.41 bits per heavy atom. The first-order chi connectivity index (χ1) is 13.0. The zero-order chi connectivity index (χ0) is 19.6. The second-order valence-electron chi connectivity index (χ2n) is 5.87. The fourth-order valence-corrected chi connectivity index (χ4v) is 3.21. The summed E-state index contributed by atoms with van der Waals surface area (Å²) < 4.78 is 0. The lowest BCUT2D eigenvalue weighted by Crippen LogP contribution is -2.26. The highest BCUT2D eigenvalue weighted by Gasteiger charge is 2.18. The normalized spacial score (nSPS) is 11.3. The monoisotopic (exact) mass is 385 g/mol. The average molecular weight is 385 g/mol. The van der Waals surface area contributed by atoms with E-state index in [1.807, 2.05) is 37.3 Å². The van der Waals surface area contributed by atoms with Crippen molar-refractivity contribution in [3.05, 3.63) is 54.6 Å². The second kappa shape index (κ2) is 10.4. The van der Waals surface area contributed by atoms with Gasteiger partial charge in [-0.15, -0.1) is 11.8 Å². The molecular weight excluding hydrogens is 362 g/mol. The fraction of sp³-hybridized carbons (Fsp3) is 0.250. The number of anilines is 3. The molecule has 0 spiro atoms. The molecule has 2 aromatic carbocycles. The molecule has 6 nitrogen and oxygen atoms in total. The molecule has 0 heterocycles. The Morgan fingerprint density at radius 1 is 0.852 bits per heavy atom. The molecule has 27 heavy (non-hydrogen) atoms. The van der Waals surface area contributed by atoms with E-state index in [-0.39, 0.29) is 28.7 Å². The second-order valence-corrected chi connectivity index (χ2v) is 7.06. The van der Waals surface area contributed by atoms with Crippen molar-refractivity contribution >= 4 is 46.5 Å². The van der Waals surface area contributed by atoms with Crippen LogP contribution in [-0.4, -0.2) is 28.7 Å². The molecule has 0 saturated carbocycles. The number of para-hydroxylation sites is 1. The molecule has 2 aromatic rings. The summed E-state index contributed by atoms with van der Waals surface area (Å²) in [5.74, 6) is -0.245. The highest BCUT2D eigenvalue weighted by atomic mass is 32.2. The number of carbonyl (C=O) groups is 3.